The van der Waals surface area contributed by atoms with Crippen LogP contribution >= 0.6 is 0 Å². The lowest BCUT2D eigenvalue weighted by Crippen LogP contribution is -2.51. The second-order valence-electron chi connectivity index (χ2n) is 6.69. The Bertz CT molecular complexity index is 347. The van der Waals surface area contributed by atoms with Crippen molar-refractivity contribution in [3.63, 3.8) is 0 Å². The predicted molar refractivity (Wildman–Crippen MR) is 78.4 cm³/mol. The topological polar surface area (TPSA) is 78.4 Å². The third-order valence-electron chi connectivity index (χ3n) is 4.42. The molecule has 0 saturated carbocycles. The lowest BCUT2D eigenvalue weighted by Gasteiger charge is -2.37. The number of piperidine rings is 1. The van der Waals surface area contributed by atoms with Crippen molar-refractivity contribution in [2.75, 3.05) is 13.1 Å². The molecule has 0 aromatic rings. The van der Waals surface area contributed by atoms with Crippen LogP contribution in [0.5, 0.6) is 0 Å². The molecule has 2 atom stereocenters. The molecule has 116 valence electrons. The Morgan fingerprint density at radius 1 is 1.40 bits per heavy atom. The van der Waals surface area contributed by atoms with Crippen molar-refractivity contribution in [1.82, 2.24) is 10.6 Å². The minimum absolute atomic E-state index is 0.0254. The van der Waals surface area contributed by atoms with Crippen molar-refractivity contribution in [1.29, 1.82) is 0 Å². The molecule has 0 aromatic heterocycles. The van der Waals surface area contributed by atoms with Crippen LogP contribution < -0.4 is 10.6 Å². The highest BCUT2D eigenvalue weighted by molar-refractivity contribution is 5.83. The molecule has 1 saturated heterocycles. The van der Waals surface area contributed by atoms with Crippen LogP contribution in [0.3, 0.4) is 0 Å². The van der Waals surface area contributed by atoms with E-state index in [1.165, 1.54) is 0 Å². The summed E-state index contributed by atoms with van der Waals surface area (Å²) in [4.78, 5) is 23.4. The van der Waals surface area contributed by atoms with Gasteiger partial charge in [0.2, 0.25) is 5.91 Å². The van der Waals surface area contributed by atoms with Crippen molar-refractivity contribution in [2.45, 2.75) is 53.0 Å². The second kappa shape index (κ2) is 7.07. The second-order valence-corrected chi connectivity index (χ2v) is 6.69. The quantitative estimate of drug-likeness (QED) is 0.692. The summed E-state index contributed by atoms with van der Waals surface area (Å²) in [6.45, 7) is 9.65. The fourth-order valence-corrected chi connectivity index (χ4v) is 2.65. The number of nitrogens with one attached hydrogen (secondary N) is 2. The van der Waals surface area contributed by atoms with Gasteiger partial charge < -0.3 is 15.7 Å². The number of carbonyl (C=O) groups excluding carboxylic acids is 1. The summed E-state index contributed by atoms with van der Waals surface area (Å²) in [6, 6.07) is -0.309. The van der Waals surface area contributed by atoms with Gasteiger partial charge in [0.1, 0.15) is 0 Å². The third-order valence-corrected chi connectivity index (χ3v) is 4.42. The molecule has 0 radical (unpaired) electrons. The number of rotatable bonds is 6. The zero-order valence-electron chi connectivity index (χ0n) is 13.0. The van der Waals surface area contributed by atoms with E-state index in [-0.39, 0.29) is 24.3 Å². The summed E-state index contributed by atoms with van der Waals surface area (Å²) >= 11 is 0. The fraction of sp³-hybridized carbons (Fsp3) is 0.867. The van der Waals surface area contributed by atoms with Crippen LogP contribution in [0.25, 0.3) is 0 Å². The molecule has 0 bridgehead atoms. The van der Waals surface area contributed by atoms with Gasteiger partial charge in [-0.15, -0.1) is 0 Å². The monoisotopic (exact) mass is 284 g/mol. The molecule has 3 N–H and O–H groups in total. The molecule has 1 amide bonds. The zero-order chi connectivity index (χ0) is 15.3. The minimum atomic E-state index is -0.874. The van der Waals surface area contributed by atoms with Crippen LogP contribution in [0, 0.1) is 17.3 Å². The van der Waals surface area contributed by atoms with Crippen molar-refractivity contribution in [2.24, 2.45) is 17.3 Å². The smallest absolute Gasteiger partial charge is 0.305 e. The first-order valence-corrected chi connectivity index (χ1v) is 7.48. The van der Waals surface area contributed by atoms with Crippen molar-refractivity contribution >= 4 is 11.9 Å². The first kappa shape index (κ1) is 17.0. The Hall–Kier alpha value is -1.10. The van der Waals surface area contributed by atoms with Gasteiger partial charge in [-0.1, -0.05) is 27.7 Å². The van der Waals surface area contributed by atoms with Crippen molar-refractivity contribution in [3.05, 3.63) is 0 Å². The van der Waals surface area contributed by atoms with Gasteiger partial charge >= 0.3 is 5.97 Å². The number of carbonyl (C=O) groups is 2. The molecule has 1 aliphatic rings. The van der Waals surface area contributed by atoms with E-state index in [2.05, 4.69) is 10.6 Å². The first-order valence-electron chi connectivity index (χ1n) is 7.48. The van der Waals surface area contributed by atoms with E-state index in [9.17, 15) is 9.59 Å². The predicted octanol–water partition coefficient (Wildman–Crippen LogP) is 1.63. The standard InChI is InChI=1S/C15H28N2O3/c1-10(2)12(8-13(18)19)17-14(20)15(3,4)11-6-5-7-16-9-11/h10-12,16H,5-9H2,1-4H3,(H,17,20)(H,18,19). The normalized spacial score (nSPS) is 21.6. The highest BCUT2D eigenvalue weighted by atomic mass is 16.4. The molecule has 0 aliphatic carbocycles. The van der Waals surface area contributed by atoms with E-state index in [1.807, 2.05) is 27.7 Å². The van der Waals surface area contributed by atoms with Crippen molar-refractivity contribution < 1.29 is 14.7 Å². The lowest BCUT2D eigenvalue weighted by atomic mass is 9.74. The summed E-state index contributed by atoms with van der Waals surface area (Å²) in [5.41, 5.74) is -0.473. The summed E-state index contributed by atoms with van der Waals surface area (Å²) in [5.74, 6) is -0.503. The molecule has 1 fully saturated rings. The number of carboxylic acids is 1. The maximum Gasteiger partial charge on any atom is 0.305 e. The van der Waals surface area contributed by atoms with Gasteiger partial charge in [-0.25, -0.2) is 0 Å². The average molecular weight is 284 g/mol. The van der Waals surface area contributed by atoms with Crippen LogP contribution in [0.15, 0.2) is 0 Å². The minimum Gasteiger partial charge on any atom is -0.481 e. The summed E-state index contributed by atoms with van der Waals surface area (Å²) < 4.78 is 0. The summed E-state index contributed by atoms with van der Waals surface area (Å²) in [6.07, 6.45) is 2.10. The zero-order valence-corrected chi connectivity index (χ0v) is 13.0. The molecule has 1 heterocycles. The van der Waals surface area contributed by atoms with E-state index < -0.39 is 11.4 Å². The summed E-state index contributed by atoms with van der Waals surface area (Å²) in [5, 5.41) is 15.2. The number of aliphatic carboxylic acids is 1. The van der Waals surface area contributed by atoms with E-state index in [0.29, 0.717) is 5.92 Å². The van der Waals surface area contributed by atoms with Crippen LogP contribution in [0.2, 0.25) is 0 Å². The maximum atomic E-state index is 12.5. The Kier molecular flexibility index (Phi) is 5.99. The molecule has 0 aromatic carbocycles. The molecule has 2 unspecified atom stereocenters. The molecular weight excluding hydrogens is 256 g/mol. The highest BCUT2D eigenvalue weighted by Gasteiger charge is 2.38. The molecule has 1 rings (SSSR count). The average Bonchev–Trinajstić information content (AvgIpc) is 2.38. The van der Waals surface area contributed by atoms with Gasteiger partial charge in [0.15, 0.2) is 0 Å². The van der Waals surface area contributed by atoms with E-state index in [0.717, 1.165) is 25.9 Å². The molecule has 0 spiro atoms. The van der Waals surface area contributed by atoms with Gasteiger partial charge in [0, 0.05) is 11.5 Å². The maximum absolute atomic E-state index is 12.5. The summed E-state index contributed by atoms with van der Waals surface area (Å²) in [7, 11) is 0. The Labute approximate surface area is 121 Å². The van der Waals surface area contributed by atoms with Crippen LogP contribution in [-0.4, -0.2) is 36.1 Å². The SMILES string of the molecule is CC(C)C(CC(=O)O)NC(=O)C(C)(C)C1CCCNC1. The van der Waals surface area contributed by atoms with Crippen LogP contribution in [0.4, 0.5) is 0 Å². The van der Waals surface area contributed by atoms with E-state index >= 15 is 0 Å². The molecule has 1 aliphatic heterocycles. The number of amides is 1. The number of hydrogen-bond donors (Lipinski definition) is 3. The Morgan fingerprint density at radius 2 is 2.05 bits per heavy atom. The molecule has 5 heteroatoms. The fourth-order valence-electron chi connectivity index (χ4n) is 2.65. The van der Waals surface area contributed by atoms with Crippen LogP contribution in [0.1, 0.15) is 47.0 Å². The van der Waals surface area contributed by atoms with Gasteiger partial charge in [-0.05, 0) is 37.8 Å². The Balaban J connectivity index is 2.68. The molecular formula is C15H28N2O3. The highest BCUT2D eigenvalue weighted by Crippen LogP contribution is 2.32. The largest absolute Gasteiger partial charge is 0.481 e. The van der Waals surface area contributed by atoms with Crippen molar-refractivity contribution in [3.8, 4) is 0 Å². The number of carboxylic acid groups (broad SMARTS) is 1. The van der Waals surface area contributed by atoms with Crippen LogP contribution in [-0.2, 0) is 9.59 Å². The van der Waals surface area contributed by atoms with Gasteiger partial charge in [-0.3, -0.25) is 9.59 Å². The first-order chi connectivity index (χ1) is 9.25. The molecule has 5 nitrogen and oxygen atoms in total. The van der Waals surface area contributed by atoms with Gasteiger partial charge in [-0.2, -0.15) is 0 Å². The third kappa shape index (κ3) is 4.47. The lowest BCUT2D eigenvalue weighted by molar-refractivity contribution is -0.139. The van der Waals surface area contributed by atoms with Gasteiger partial charge in [0.25, 0.3) is 0 Å². The Morgan fingerprint density at radius 3 is 2.50 bits per heavy atom. The van der Waals surface area contributed by atoms with E-state index in [4.69, 9.17) is 5.11 Å². The molecule has 20 heavy (non-hydrogen) atoms. The number of hydrogen-bond acceptors (Lipinski definition) is 3. The van der Waals surface area contributed by atoms with Gasteiger partial charge in [0.05, 0.1) is 6.42 Å². The van der Waals surface area contributed by atoms with E-state index in [1.54, 1.807) is 0 Å².